The van der Waals surface area contributed by atoms with Crippen molar-refractivity contribution in [3.63, 3.8) is 0 Å². The average molecular weight is 323 g/mol. The maximum absolute atomic E-state index is 11.9. The largest absolute Gasteiger partial charge is 0.390 e. The number of rotatable bonds is 7. The van der Waals surface area contributed by atoms with Crippen molar-refractivity contribution >= 4 is 22.8 Å². The van der Waals surface area contributed by atoms with Crippen molar-refractivity contribution in [1.82, 2.24) is 5.32 Å². The smallest absolute Gasteiger partial charge is 0.251 e. The molecule has 2 unspecified atom stereocenters. The minimum Gasteiger partial charge on any atom is -0.390 e. The van der Waals surface area contributed by atoms with Crippen LogP contribution in [0.1, 0.15) is 48.2 Å². The number of carbonyl (C=O) groups is 2. The van der Waals surface area contributed by atoms with Crippen LogP contribution < -0.4 is 5.32 Å². The third-order valence-electron chi connectivity index (χ3n) is 3.51. The fourth-order valence-electron chi connectivity index (χ4n) is 2.03. The molecule has 120 valence electrons. The van der Waals surface area contributed by atoms with Gasteiger partial charge >= 0.3 is 0 Å². The minimum atomic E-state index is -1.02. The summed E-state index contributed by atoms with van der Waals surface area (Å²) in [6, 6.07) is 6.89. The Morgan fingerprint density at radius 1 is 1.27 bits per heavy atom. The van der Waals surface area contributed by atoms with Crippen LogP contribution in [0.4, 0.5) is 0 Å². The van der Waals surface area contributed by atoms with Crippen LogP contribution in [0.3, 0.4) is 0 Å². The van der Waals surface area contributed by atoms with Gasteiger partial charge in [-0.05, 0) is 37.0 Å². The van der Waals surface area contributed by atoms with Gasteiger partial charge in [0.2, 0.25) is 0 Å². The average Bonchev–Trinajstić information content (AvgIpc) is 3.30. The highest BCUT2D eigenvalue weighted by atomic mass is 32.2. The van der Waals surface area contributed by atoms with Crippen molar-refractivity contribution in [1.29, 1.82) is 0 Å². The highest BCUT2D eigenvalue weighted by molar-refractivity contribution is 8.13. The monoisotopic (exact) mass is 323 g/mol. The number of aliphatic hydroxyl groups is 2. The van der Waals surface area contributed by atoms with Gasteiger partial charge in [-0.1, -0.05) is 23.9 Å². The van der Waals surface area contributed by atoms with E-state index in [-0.39, 0.29) is 11.0 Å². The Bertz CT molecular complexity index is 527. The molecule has 0 aromatic heterocycles. The second kappa shape index (κ2) is 7.76. The van der Waals surface area contributed by atoms with Crippen LogP contribution in [0.5, 0.6) is 0 Å². The zero-order valence-corrected chi connectivity index (χ0v) is 13.3. The maximum Gasteiger partial charge on any atom is 0.251 e. The lowest BCUT2D eigenvalue weighted by molar-refractivity contribution is -0.109. The zero-order chi connectivity index (χ0) is 16.1. The van der Waals surface area contributed by atoms with Crippen molar-refractivity contribution in [2.24, 2.45) is 0 Å². The van der Waals surface area contributed by atoms with Gasteiger partial charge in [-0.3, -0.25) is 9.59 Å². The molecule has 2 atom stereocenters. The Labute approximate surface area is 134 Å². The van der Waals surface area contributed by atoms with Crippen molar-refractivity contribution in [3.8, 4) is 0 Å². The first-order chi connectivity index (χ1) is 10.5. The summed E-state index contributed by atoms with van der Waals surface area (Å²) in [6.07, 6.45) is 0.445. The van der Waals surface area contributed by atoms with E-state index in [2.05, 4.69) is 5.32 Å². The number of hydrogen-bond acceptors (Lipinski definition) is 5. The Morgan fingerprint density at radius 3 is 2.45 bits per heavy atom. The van der Waals surface area contributed by atoms with Crippen molar-refractivity contribution < 1.29 is 19.8 Å². The molecule has 5 nitrogen and oxygen atoms in total. The van der Waals surface area contributed by atoms with Crippen molar-refractivity contribution in [2.45, 2.75) is 44.4 Å². The van der Waals surface area contributed by atoms with E-state index in [1.807, 2.05) is 0 Å². The quantitative estimate of drug-likeness (QED) is 0.710. The minimum absolute atomic E-state index is 0.00674. The summed E-state index contributed by atoms with van der Waals surface area (Å²) in [4.78, 5) is 22.7. The second-order valence-corrected chi connectivity index (χ2v) is 6.78. The van der Waals surface area contributed by atoms with Crippen LogP contribution in [0.25, 0.3) is 0 Å². The summed E-state index contributed by atoms with van der Waals surface area (Å²) >= 11 is 1.13. The van der Waals surface area contributed by atoms with Crippen LogP contribution >= 0.6 is 11.8 Å². The molecular weight excluding hydrogens is 302 g/mol. The molecule has 22 heavy (non-hydrogen) atoms. The highest BCUT2D eigenvalue weighted by Crippen LogP contribution is 2.22. The van der Waals surface area contributed by atoms with E-state index in [1.54, 1.807) is 24.3 Å². The van der Waals surface area contributed by atoms with Gasteiger partial charge in [-0.15, -0.1) is 0 Å². The van der Waals surface area contributed by atoms with E-state index >= 15 is 0 Å². The lowest BCUT2D eigenvalue weighted by Crippen LogP contribution is -2.25. The van der Waals surface area contributed by atoms with Gasteiger partial charge in [0.05, 0.1) is 6.10 Å². The van der Waals surface area contributed by atoms with Crippen LogP contribution in [-0.2, 0) is 4.79 Å². The Hall–Kier alpha value is -1.37. The summed E-state index contributed by atoms with van der Waals surface area (Å²) in [5, 5.41) is 22.9. The van der Waals surface area contributed by atoms with Gasteiger partial charge in [0.1, 0.15) is 6.10 Å². The first kappa shape index (κ1) is 17.0. The third-order valence-corrected chi connectivity index (χ3v) is 4.36. The molecule has 1 aromatic rings. The standard InChI is InChI=1S/C16H21NO4S/c1-10(18)22-9-8-14(19)15(20)11-2-4-12(5-3-11)16(21)17-13-6-7-13/h2-5,13-15,19-20H,6-9H2,1H3,(H,17,21). The molecule has 1 aromatic carbocycles. The number of carbonyl (C=O) groups excluding carboxylic acids is 2. The number of aliphatic hydroxyl groups excluding tert-OH is 2. The normalized spacial score (nSPS) is 16.9. The van der Waals surface area contributed by atoms with Gasteiger partial charge in [0.15, 0.2) is 5.12 Å². The summed E-state index contributed by atoms with van der Waals surface area (Å²) in [6.45, 7) is 1.47. The van der Waals surface area contributed by atoms with Crippen LogP contribution in [0.15, 0.2) is 24.3 Å². The molecule has 1 saturated carbocycles. The number of amides is 1. The van der Waals surface area contributed by atoms with E-state index in [1.165, 1.54) is 6.92 Å². The molecule has 1 fully saturated rings. The van der Waals surface area contributed by atoms with Crippen molar-refractivity contribution in [2.75, 3.05) is 5.75 Å². The first-order valence-electron chi connectivity index (χ1n) is 7.37. The number of thioether (sulfide) groups is 1. The third kappa shape index (κ3) is 5.12. The SMILES string of the molecule is CC(=O)SCCC(O)C(O)c1ccc(C(=O)NC2CC2)cc1. The molecule has 0 aliphatic heterocycles. The second-order valence-electron chi connectivity index (χ2n) is 5.51. The summed E-state index contributed by atoms with van der Waals surface area (Å²) < 4.78 is 0. The molecule has 2 rings (SSSR count). The van der Waals surface area contributed by atoms with E-state index in [9.17, 15) is 19.8 Å². The molecule has 1 amide bonds. The number of nitrogens with one attached hydrogen (secondary N) is 1. The first-order valence-corrected chi connectivity index (χ1v) is 8.36. The summed E-state index contributed by atoms with van der Waals surface area (Å²) in [7, 11) is 0. The van der Waals surface area contributed by atoms with Crippen LogP contribution in [0.2, 0.25) is 0 Å². The highest BCUT2D eigenvalue weighted by Gasteiger charge is 2.24. The predicted molar refractivity (Wildman–Crippen MR) is 85.7 cm³/mol. The molecule has 0 spiro atoms. The fourth-order valence-corrected chi connectivity index (χ4v) is 2.68. The Balaban J connectivity index is 1.87. The maximum atomic E-state index is 11.9. The van der Waals surface area contributed by atoms with Gasteiger partial charge in [-0.25, -0.2) is 0 Å². The van der Waals surface area contributed by atoms with Gasteiger partial charge in [0.25, 0.3) is 5.91 Å². The lowest BCUT2D eigenvalue weighted by atomic mass is 10.0. The Kier molecular flexibility index (Phi) is 5.99. The molecule has 6 heteroatoms. The van der Waals surface area contributed by atoms with E-state index < -0.39 is 12.2 Å². The molecule has 0 saturated heterocycles. The summed E-state index contributed by atoms with van der Waals surface area (Å²) in [5.74, 6) is 0.358. The number of hydrogen-bond donors (Lipinski definition) is 3. The molecule has 1 aliphatic carbocycles. The number of benzene rings is 1. The van der Waals surface area contributed by atoms with Gasteiger partial charge < -0.3 is 15.5 Å². The van der Waals surface area contributed by atoms with E-state index in [0.717, 1.165) is 24.6 Å². The molecule has 0 heterocycles. The fraction of sp³-hybridized carbons (Fsp3) is 0.500. The molecule has 3 N–H and O–H groups in total. The van der Waals surface area contributed by atoms with Gasteiger partial charge in [0, 0.05) is 24.3 Å². The predicted octanol–water partition coefficient (Wildman–Crippen LogP) is 1.64. The van der Waals surface area contributed by atoms with Gasteiger partial charge in [-0.2, -0.15) is 0 Å². The molecule has 1 aliphatic rings. The topological polar surface area (TPSA) is 86.6 Å². The summed E-state index contributed by atoms with van der Waals surface area (Å²) in [5.41, 5.74) is 1.10. The molecular formula is C16H21NO4S. The van der Waals surface area contributed by atoms with Crippen LogP contribution in [-0.4, -0.2) is 39.1 Å². The molecule has 0 bridgehead atoms. The Morgan fingerprint density at radius 2 is 1.91 bits per heavy atom. The van der Waals surface area contributed by atoms with E-state index in [4.69, 9.17) is 0 Å². The van der Waals surface area contributed by atoms with Crippen LogP contribution in [0, 0.1) is 0 Å². The molecule has 0 radical (unpaired) electrons. The zero-order valence-electron chi connectivity index (χ0n) is 12.5. The van der Waals surface area contributed by atoms with Crippen molar-refractivity contribution in [3.05, 3.63) is 35.4 Å². The lowest BCUT2D eigenvalue weighted by Gasteiger charge is -2.18. The van der Waals surface area contributed by atoms with E-state index in [0.29, 0.717) is 29.3 Å².